The molecule has 0 spiro atoms. The molecule has 0 radical (unpaired) electrons. The van der Waals surface area contributed by atoms with E-state index in [0.29, 0.717) is 6.04 Å². The summed E-state index contributed by atoms with van der Waals surface area (Å²) in [5, 5.41) is 12.3. The van der Waals surface area contributed by atoms with Gasteiger partial charge in [-0.05, 0) is 27.0 Å². The van der Waals surface area contributed by atoms with Crippen LogP contribution >= 0.6 is 0 Å². The van der Waals surface area contributed by atoms with Gasteiger partial charge in [0.2, 0.25) is 0 Å². The van der Waals surface area contributed by atoms with Crippen LogP contribution in [0.25, 0.3) is 5.52 Å². The van der Waals surface area contributed by atoms with Gasteiger partial charge in [0, 0.05) is 42.7 Å². The zero-order chi connectivity index (χ0) is 14.8. The number of likely N-dealkylation sites (N-methyl/N-ethyl adjacent to an activating group) is 1. The Hall–Kier alpha value is -2.21. The van der Waals surface area contributed by atoms with Crippen molar-refractivity contribution in [2.45, 2.75) is 32.4 Å². The van der Waals surface area contributed by atoms with E-state index in [4.69, 9.17) is 0 Å². The van der Waals surface area contributed by atoms with Gasteiger partial charge < -0.3 is 5.32 Å². The van der Waals surface area contributed by atoms with Gasteiger partial charge in [-0.15, -0.1) is 0 Å². The summed E-state index contributed by atoms with van der Waals surface area (Å²) < 4.78 is 3.83. The van der Waals surface area contributed by atoms with Crippen molar-refractivity contribution in [1.29, 1.82) is 0 Å². The van der Waals surface area contributed by atoms with Gasteiger partial charge in [-0.25, -0.2) is 4.52 Å². The minimum Gasteiger partial charge on any atom is -0.313 e. The van der Waals surface area contributed by atoms with Crippen LogP contribution in [0.2, 0.25) is 0 Å². The van der Waals surface area contributed by atoms with Gasteiger partial charge >= 0.3 is 0 Å². The van der Waals surface area contributed by atoms with Crippen molar-refractivity contribution < 1.29 is 0 Å². The largest absolute Gasteiger partial charge is 0.313 e. The smallest absolute Gasteiger partial charge is 0.0892 e. The molecule has 3 aromatic rings. The lowest BCUT2D eigenvalue weighted by atomic mass is 10.0. The topological polar surface area (TPSA) is 60.0 Å². The molecule has 3 rings (SSSR count). The highest BCUT2D eigenvalue weighted by molar-refractivity contribution is 5.53. The zero-order valence-corrected chi connectivity index (χ0v) is 12.6. The van der Waals surface area contributed by atoms with Crippen LogP contribution in [-0.2, 0) is 6.42 Å². The first-order chi connectivity index (χ1) is 10.2. The van der Waals surface area contributed by atoms with Gasteiger partial charge in [-0.2, -0.15) is 10.2 Å². The van der Waals surface area contributed by atoms with E-state index in [0.717, 1.165) is 23.2 Å². The van der Waals surface area contributed by atoms with E-state index in [9.17, 15) is 0 Å². The lowest BCUT2D eigenvalue weighted by Gasteiger charge is -2.14. The number of rotatable bonds is 5. The van der Waals surface area contributed by atoms with E-state index in [2.05, 4.69) is 40.4 Å². The lowest BCUT2D eigenvalue weighted by Crippen LogP contribution is -2.19. The van der Waals surface area contributed by atoms with E-state index in [1.165, 1.54) is 0 Å². The number of fused-ring (bicyclic) bond motifs is 1. The van der Waals surface area contributed by atoms with Crippen LogP contribution in [0, 0.1) is 0 Å². The Labute approximate surface area is 123 Å². The van der Waals surface area contributed by atoms with Gasteiger partial charge in [-0.1, -0.05) is 0 Å². The Morgan fingerprint density at radius 1 is 1.24 bits per heavy atom. The molecule has 0 aliphatic carbocycles. The van der Waals surface area contributed by atoms with Crippen LogP contribution in [0.5, 0.6) is 0 Å². The van der Waals surface area contributed by atoms with Crippen molar-refractivity contribution in [3.05, 3.63) is 48.3 Å². The number of nitrogens with zero attached hydrogens (tertiary/aromatic N) is 5. The third kappa shape index (κ3) is 2.67. The van der Waals surface area contributed by atoms with Gasteiger partial charge in [0.15, 0.2) is 0 Å². The molecule has 3 heterocycles. The molecular weight excluding hydrogens is 264 g/mol. The fourth-order valence-electron chi connectivity index (χ4n) is 2.47. The third-order valence-corrected chi connectivity index (χ3v) is 3.68. The normalized spacial score (nSPS) is 13.1. The van der Waals surface area contributed by atoms with Crippen LogP contribution in [0.3, 0.4) is 0 Å². The quantitative estimate of drug-likeness (QED) is 0.778. The summed E-state index contributed by atoms with van der Waals surface area (Å²) in [5.41, 5.74) is 3.25. The molecule has 110 valence electrons. The maximum absolute atomic E-state index is 4.62. The van der Waals surface area contributed by atoms with Crippen LogP contribution in [-0.4, -0.2) is 31.4 Å². The summed E-state index contributed by atoms with van der Waals surface area (Å²) in [6.07, 6.45) is 10.2. The van der Waals surface area contributed by atoms with Crippen LogP contribution in [0.15, 0.2) is 37.1 Å². The zero-order valence-electron chi connectivity index (χ0n) is 12.6. The van der Waals surface area contributed by atoms with E-state index < -0.39 is 0 Å². The first-order valence-electron chi connectivity index (χ1n) is 7.17. The summed E-state index contributed by atoms with van der Waals surface area (Å²) in [5.74, 6) is 0. The van der Waals surface area contributed by atoms with Crippen molar-refractivity contribution >= 4 is 5.52 Å². The van der Waals surface area contributed by atoms with Crippen LogP contribution in [0.1, 0.15) is 37.2 Å². The maximum atomic E-state index is 4.62. The van der Waals surface area contributed by atoms with Crippen molar-refractivity contribution in [1.82, 2.24) is 29.7 Å². The van der Waals surface area contributed by atoms with Crippen LogP contribution < -0.4 is 5.32 Å². The average Bonchev–Trinajstić information content (AvgIpc) is 3.11. The van der Waals surface area contributed by atoms with Crippen molar-refractivity contribution in [2.24, 2.45) is 0 Å². The standard InChI is InChI=1S/C15H20N6/c1-11(2)20-6-4-12(19-20)8-14(16-3)13-9-18-21-7-5-17-10-15(13)21/h4-7,9-11,14,16H,8H2,1-3H3. The molecule has 0 saturated carbocycles. The summed E-state index contributed by atoms with van der Waals surface area (Å²) in [6.45, 7) is 4.26. The summed E-state index contributed by atoms with van der Waals surface area (Å²) in [4.78, 5) is 4.19. The van der Waals surface area contributed by atoms with Crippen molar-refractivity contribution in [3.63, 3.8) is 0 Å². The number of hydrogen-bond acceptors (Lipinski definition) is 4. The Morgan fingerprint density at radius 3 is 2.81 bits per heavy atom. The molecule has 1 atom stereocenters. The first-order valence-corrected chi connectivity index (χ1v) is 7.17. The molecule has 6 nitrogen and oxygen atoms in total. The molecule has 21 heavy (non-hydrogen) atoms. The van der Waals surface area contributed by atoms with E-state index in [1.807, 2.05) is 41.0 Å². The Balaban J connectivity index is 1.87. The molecule has 1 N–H and O–H groups in total. The van der Waals surface area contributed by atoms with Gasteiger partial charge in [-0.3, -0.25) is 9.67 Å². The highest BCUT2D eigenvalue weighted by Crippen LogP contribution is 2.21. The molecule has 0 fully saturated rings. The number of nitrogens with one attached hydrogen (secondary N) is 1. The van der Waals surface area contributed by atoms with Crippen molar-refractivity contribution in [2.75, 3.05) is 7.05 Å². The first kappa shape index (κ1) is 13.8. The average molecular weight is 284 g/mol. The molecule has 0 bridgehead atoms. The Morgan fingerprint density at radius 2 is 2.10 bits per heavy atom. The highest BCUT2D eigenvalue weighted by atomic mass is 15.3. The predicted molar refractivity (Wildman–Crippen MR) is 81.1 cm³/mol. The minimum absolute atomic E-state index is 0.169. The van der Waals surface area contributed by atoms with Gasteiger partial charge in [0.25, 0.3) is 0 Å². The van der Waals surface area contributed by atoms with Crippen molar-refractivity contribution in [3.8, 4) is 0 Å². The van der Waals surface area contributed by atoms with E-state index in [1.54, 1.807) is 6.20 Å². The van der Waals surface area contributed by atoms with Gasteiger partial charge in [0.05, 0.1) is 23.6 Å². The summed E-state index contributed by atoms with van der Waals surface area (Å²) >= 11 is 0. The van der Waals surface area contributed by atoms with Gasteiger partial charge in [0.1, 0.15) is 0 Å². The molecule has 3 aromatic heterocycles. The number of hydrogen-bond donors (Lipinski definition) is 1. The lowest BCUT2D eigenvalue weighted by molar-refractivity contribution is 0.515. The second kappa shape index (κ2) is 5.65. The Bertz CT molecular complexity index is 726. The maximum Gasteiger partial charge on any atom is 0.0892 e. The van der Waals surface area contributed by atoms with E-state index in [-0.39, 0.29) is 6.04 Å². The van der Waals surface area contributed by atoms with Crippen LogP contribution in [0.4, 0.5) is 0 Å². The molecule has 0 saturated heterocycles. The molecule has 1 unspecified atom stereocenters. The molecule has 6 heteroatoms. The van der Waals surface area contributed by atoms with E-state index >= 15 is 0 Å². The fourth-order valence-corrected chi connectivity index (χ4v) is 2.47. The summed E-state index contributed by atoms with van der Waals surface area (Å²) in [6, 6.07) is 2.63. The molecule has 0 amide bonds. The predicted octanol–water partition coefficient (Wildman–Crippen LogP) is 2.01. The fraction of sp³-hybridized carbons (Fsp3) is 0.400. The minimum atomic E-state index is 0.169. The SMILES string of the molecule is CNC(Cc1ccn(C(C)C)n1)c1cnn2ccncc12. The monoisotopic (exact) mass is 284 g/mol. The number of aromatic nitrogens is 5. The molecule has 0 aromatic carbocycles. The molecule has 0 aliphatic heterocycles. The molecular formula is C15H20N6. The second-order valence-corrected chi connectivity index (χ2v) is 5.43. The summed E-state index contributed by atoms with van der Waals surface area (Å²) in [7, 11) is 1.96. The highest BCUT2D eigenvalue weighted by Gasteiger charge is 2.17. The second-order valence-electron chi connectivity index (χ2n) is 5.43. The Kier molecular flexibility index (Phi) is 3.70. The molecule has 0 aliphatic rings. The third-order valence-electron chi connectivity index (χ3n) is 3.68.